The number of rotatable bonds is 2. The monoisotopic (exact) mass is 288 g/mol. The molecule has 114 valence electrons. The summed E-state index contributed by atoms with van der Waals surface area (Å²) in [6.07, 6.45) is 0.973. The van der Waals surface area contributed by atoms with Gasteiger partial charge in [0.15, 0.2) is 0 Å². The summed E-state index contributed by atoms with van der Waals surface area (Å²) in [5, 5.41) is 3.01. The van der Waals surface area contributed by atoms with Crippen molar-refractivity contribution in [2.75, 3.05) is 11.9 Å². The van der Waals surface area contributed by atoms with Gasteiger partial charge in [-0.15, -0.1) is 0 Å². The molecule has 0 saturated heterocycles. The Hall–Kier alpha value is -1.55. The summed E-state index contributed by atoms with van der Waals surface area (Å²) in [5.41, 5.74) is 9.25. The molecule has 1 amide bonds. The van der Waals surface area contributed by atoms with E-state index in [4.69, 9.17) is 10.5 Å². The van der Waals surface area contributed by atoms with Crippen molar-refractivity contribution < 1.29 is 9.53 Å². The number of nitrogens with one attached hydrogen (secondary N) is 1. The number of amides is 1. The molecule has 4 nitrogen and oxygen atoms in total. The van der Waals surface area contributed by atoms with Crippen LogP contribution in [-0.2, 0) is 10.2 Å². The van der Waals surface area contributed by atoms with Gasteiger partial charge >= 0.3 is 0 Å². The van der Waals surface area contributed by atoms with Crippen LogP contribution in [0.4, 0.5) is 5.69 Å². The molecule has 0 bridgehead atoms. The predicted molar refractivity (Wildman–Crippen MR) is 84.0 cm³/mol. The zero-order valence-electron chi connectivity index (χ0n) is 13.5. The second kappa shape index (κ2) is 4.23. The van der Waals surface area contributed by atoms with E-state index in [-0.39, 0.29) is 17.4 Å². The van der Waals surface area contributed by atoms with Crippen LogP contribution in [0.2, 0.25) is 0 Å². The number of aryl methyl sites for hydroxylation is 1. The van der Waals surface area contributed by atoms with Gasteiger partial charge in [0.25, 0.3) is 0 Å². The molecule has 4 heteroatoms. The number of fused-ring (bicyclic) bond motifs is 3. The fourth-order valence-electron chi connectivity index (χ4n) is 3.80. The molecule has 0 aliphatic carbocycles. The Morgan fingerprint density at radius 3 is 2.62 bits per heavy atom. The lowest BCUT2D eigenvalue weighted by molar-refractivity contribution is -0.119. The number of hydrogen-bond acceptors (Lipinski definition) is 3. The molecular formula is C17H24N2O2. The molecule has 2 aliphatic rings. The highest BCUT2D eigenvalue weighted by Crippen LogP contribution is 2.55. The summed E-state index contributed by atoms with van der Waals surface area (Å²) in [6, 6.07) is 2.16. The third-order valence-corrected chi connectivity index (χ3v) is 5.20. The van der Waals surface area contributed by atoms with E-state index in [1.807, 2.05) is 20.8 Å². The first-order valence-corrected chi connectivity index (χ1v) is 7.64. The Balaban J connectivity index is 2.28. The van der Waals surface area contributed by atoms with Crippen molar-refractivity contribution in [2.45, 2.75) is 58.0 Å². The summed E-state index contributed by atoms with van der Waals surface area (Å²) < 4.78 is 6.31. The van der Waals surface area contributed by atoms with Gasteiger partial charge in [0.1, 0.15) is 11.4 Å². The molecule has 2 heterocycles. The smallest absolute Gasteiger partial charge is 0.234 e. The average Bonchev–Trinajstić information content (AvgIpc) is 2.83. The van der Waals surface area contributed by atoms with Crippen molar-refractivity contribution in [3.63, 3.8) is 0 Å². The van der Waals surface area contributed by atoms with Gasteiger partial charge in [-0.1, -0.05) is 6.92 Å². The SMILES string of the molecule is CC[C@H]1c2cc(C)c3c(c2O[C@@]1(C)CN)C(C)(C)C(=O)N3. The van der Waals surface area contributed by atoms with Crippen LogP contribution in [0.3, 0.4) is 0 Å². The molecule has 0 spiro atoms. The van der Waals surface area contributed by atoms with E-state index in [0.717, 1.165) is 29.0 Å². The number of anilines is 1. The largest absolute Gasteiger partial charge is 0.485 e. The van der Waals surface area contributed by atoms with Crippen molar-refractivity contribution in [3.8, 4) is 5.75 Å². The minimum atomic E-state index is -0.566. The second-order valence-corrected chi connectivity index (χ2v) is 7.02. The summed E-state index contributed by atoms with van der Waals surface area (Å²) in [5.74, 6) is 1.18. The van der Waals surface area contributed by atoms with Crippen molar-refractivity contribution in [2.24, 2.45) is 5.73 Å². The highest BCUT2D eigenvalue weighted by molar-refractivity contribution is 6.07. The zero-order chi connectivity index (χ0) is 15.6. The van der Waals surface area contributed by atoms with Crippen molar-refractivity contribution in [3.05, 3.63) is 22.8 Å². The predicted octanol–water partition coefficient (Wildman–Crippen LogP) is 2.83. The van der Waals surface area contributed by atoms with Crippen LogP contribution in [0, 0.1) is 6.92 Å². The van der Waals surface area contributed by atoms with E-state index in [0.29, 0.717) is 6.54 Å². The lowest BCUT2D eigenvalue weighted by Gasteiger charge is -2.29. The Bertz CT molecular complexity index is 636. The lowest BCUT2D eigenvalue weighted by Crippen LogP contribution is -2.42. The molecule has 0 radical (unpaired) electrons. The molecule has 2 atom stereocenters. The molecular weight excluding hydrogens is 264 g/mol. The molecule has 3 rings (SSSR count). The second-order valence-electron chi connectivity index (χ2n) is 7.02. The van der Waals surface area contributed by atoms with Gasteiger partial charge in [0, 0.05) is 23.6 Å². The molecule has 1 aromatic rings. The fraction of sp³-hybridized carbons (Fsp3) is 0.588. The van der Waals surface area contributed by atoms with E-state index >= 15 is 0 Å². The van der Waals surface area contributed by atoms with Gasteiger partial charge in [-0.2, -0.15) is 0 Å². The van der Waals surface area contributed by atoms with Gasteiger partial charge in [-0.3, -0.25) is 4.79 Å². The number of ether oxygens (including phenoxy) is 1. The topological polar surface area (TPSA) is 64.3 Å². The van der Waals surface area contributed by atoms with E-state index in [1.54, 1.807) is 0 Å². The third kappa shape index (κ3) is 1.68. The molecule has 0 aromatic heterocycles. The first-order valence-electron chi connectivity index (χ1n) is 7.64. The maximum absolute atomic E-state index is 12.3. The maximum atomic E-state index is 12.3. The first-order chi connectivity index (χ1) is 9.76. The molecule has 0 unspecified atom stereocenters. The molecule has 3 N–H and O–H groups in total. The van der Waals surface area contributed by atoms with E-state index in [1.165, 1.54) is 5.56 Å². The van der Waals surface area contributed by atoms with Crippen molar-refractivity contribution in [1.29, 1.82) is 0 Å². The highest BCUT2D eigenvalue weighted by atomic mass is 16.5. The summed E-state index contributed by atoms with van der Waals surface area (Å²) in [4.78, 5) is 12.3. The summed E-state index contributed by atoms with van der Waals surface area (Å²) in [6.45, 7) is 10.7. The van der Waals surface area contributed by atoms with Gasteiger partial charge in [0.05, 0.1) is 11.1 Å². The molecule has 0 saturated carbocycles. The van der Waals surface area contributed by atoms with Crippen molar-refractivity contribution in [1.82, 2.24) is 0 Å². The Kier molecular flexibility index (Phi) is 2.90. The molecule has 2 aliphatic heterocycles. The molecule has 0 fully saturated rings. The van der Waals surface area contributed by atoms with E-state index in [2.05, 4.69) is 25.2 Å². The molecule has 1 aromatic carbocycles. The van der Waals surface area contributed by atoms with Gasteiger partial charge < -0.3 is 15.8 Å². The first kappa shape index (κ1) is 14.4. The van der Waals surface area contributed by atoms with Crippen LogP contribution in [0.1, 0.15) is 56.7 Å². The number of nitrogens with two attached hydrogens (primary N) is 1. The van der Waals surface area contributed by atoms with Gasteiger partial charge in [-0.05, 0) is 45.7 Å². The van der Waals surface area contributed by atoms with Crippen LogP contribution < -0.4 is 15.8 Å². The fourth-order valence-corrected chi connectivity index (χ4v) is 3.80. The van der Waals surface area contributed by atoms with Crippen molar-refractivity contribution >= 4 is 11.6 Å². The van der Waals surface area contributed by atoms with Crippen LogP contribution in [0.15, 0.2) is 6.07 Å². The number of carbonyl (C=O) groups excluding carboxylic acids is 1. The Morgan fingerprint density at radius 1 is 1.38 bits per heavy atom. The zero-order valence-corrected chi connectivity index (χ0v) is 13.5. The summed E-state index contributed by atoms with van der Waals surface area (Å²) in [7, 11) is 0. The molecule has 21 heavy (non-hydrogen) atoms. The van der Waals surface area contributed by atoms with E-state index in [9.17, 15) is 4.79 Å². The average molecular weight is 288 g/mol. The summed E-state index contributed by atoms with van der Waals surface area (Å²) >= 11 is 0. The minimum absolute atomic E-state index is 0.0343. The number of hydrogen-bond donors (Lipinski definition) is 2. The lowest BCUT2D eigenvalue weighted by atomic mass is 9.79. The highest BCUT2D eigenvalue weighted by Gasteiger charge is 2.50. The van der Waals surface area contributed by atoms with Gasteiger partial charge in [0.2, 0.25) is 5.91 Å². The van der Waals surface area contributed by atoms with E-state index < -0.39 is 5.41 Å². The Labute approximate surface area is 126 Å². The quantitative estimate of drug-likeness (QED) is 0.879. The minimum Gasteiger partial charge on any atom is -0.485 e. The number of carbonyl (C=O) groups is 1. The standard InChI is InChI=1S/C17H24N2O2/c1-6-11-10-7-9(2)13-12(16(3,4)15(20)19-13)14(10)21-17(11,5)8-18/h7,11H,6,8,18H2,1-5H3,(H,19,20)/t11-,17-/m0/s1. The third-order valence-electron chi connectivity index (χ3n) is 5.20. The van der Waals surface area contributed by atoms with Crippen LogP contribution in [-0.4, -0.2) is 18.1 Å². The van der Waals surface area contributed by atoms with Crippen LogP contribution >= 0.6 is 0 Å². The normalized spacial score (nSPS) is 28.9. The maximum Gasteiger partial charge on any atom is 0.234 e. The number of benzene rings is 1. The van der Waals surface area contributed by atoms with Gasteiger partial charge in [-0.25, -0.2) is 0 Å². The van der Waals surface area contributed by atoms with Crippen LogP contribution in [0.5, 0.6) is 5.75 Å². The van der Waals surface area contributed by atoms with Crippen LogP contribution in [0.25, 0.3) is 0 Å². The Morgan fingerprint density at radius 2 is 2.05 bits per heavy atom.